The summed E-state index contributed by atoms with van der Waals surface area (Å²) in [6.07, 6.45) is 2.62. The molecule has 0 spiro atoms. The molecule has 1 saturated carbocycles. The van der Waals surface area contributed by atoms with Crippen LogP contribution in [0, 0.1) is 5.92 Å². The van der Waals surface area contributed by atoms with Crippen molar-refractivity contribution in [3.05, 3.63) is 24.3 Å². The second kappa shape index (κ2) is 6.06. The van der Waals surface area contributed by atoms with E-state index in [2.05, 4.69) is 17.1 Å². The molecule has 0 bridgehead atoms. The molecule has 1 fully saturated rings. The van der Waals surface area contributed by atoms with Gasteiger partial charge in [-0.1, -0.05) is 6.92 Å². The fourth-order valence-electron chi connectivity index (χ4n) is 2.17. The molecule has 4 heteroatoms. The Morgan fingerprint density at radius 1 is 1.42 bits per heavy atom. The molecule has 1 aliphatic rings. The van der Waals surface area contributed by atoms with E-state index in [-0.39, 0.29) is 11.9 Å². The Labute approximate surface area is 115 Å². The van der Waals surface area contributed by atoms with Crippen LogP contribution in [0.1, 0.15) is 26.7 Å². The lowest BCUT2D eigenvalue weighted by molar-refractivity contribution is -0.120. The van der Waals surface area contributed by atoms with Crippen LogP contribution in [0.15, 0.2) is 24.3 Å². The van der Waals surface area contributed by atoms with E-state index in [0.29, 0.717) is 5.69 Å². The second-order valence-electron chi connectivity index (χ2n) is 5.32. The van der Waals surface area contributed by atoms with Crippen molar-refractivity contribution in [1.82, 2.24) is 4.90 Å². The first-order valence-corrected chi connectivity index (χ1v) is 7.00. The number of likely N-dealkylation sites (N-methyl/N-ethyl adjacent to an activating group) is 1. The Kier molecular flexibility index (Phi) is 4.43. The Bertz CT molecular complexity index is 426. The Morgan fingerprint density at radius 3 is 2.58 bits per heavy atom. The maximum absolute atomic E-state index is 12.2. The van der Waals surface area contributed by atoms with E-state index in [0.717, 1.165) is 24.7 Å². The van der Waals surface area contributed by atoms with Gasteiger partial charge in [0.2, 0.25) is 5.91 Å². The number of nitrogens with one attached hydrogen (secondary N) is 1. The van der Waals surface area contributed by atoms with Crippen molar-refractivity contribution in [2.75, 3.05) is 24.1 Å². The molecule has 0 radical (unpaired) electrons. The molecule has 1 aromatic rings. The van der Waals surface area contributed by atoms with Gasteiger partial charge in [0.25, 0.3) is 0 Å². The number of carbonyl (C=O) groups is 1. The summed E-state index contributed by atoms with van der Waals surface area (Å²) < 4.78 is 0. The zero-order valence-electron chi connectivity index (χ0n) is 11.7. The lowest BCUT2D eigenvalue weighted by Crippen LogP contribution is -2.43. The molecule has 4 nitrogen and oxygen atoms in total. The highest BCUT2D eigenvalue weighted by atomic mass is 16.2. The van der Waals surface area contributed by atoms with Crippen LogP contribution in [0.4, 0.5) is 11.4 Å². The number of carbonyl (C=O) groups excluding carboxylic acids is 1. The molecule has 3 N–H and O–H groups in total. The average Bonchev–Trinajstić information content (AvgIpc) is 3.22. The first kappa shape index (κ1) is 13.9. The smallest absolute Gasteiger partial charge is 0.241 e. The number of nitrogen functional groups attached to an aromatic ring is 1. The fraction of sp³-hybridized carbons (Fsp3) is 0.533. The van der Waals surface area contributed by atoms with Gasteiger partial charge in [-0.15, -0.1) is 0 Å². The monoisotopic (exact) mass is 261 g/mol. The van der Waals surface area contributed by atoms with Crippen LogP contribution >= 0.6 is 0 Å². The molecular weight excluding hydrogens is 238 g/mol. The van der Waals surface area contributed by atoms with Crippen LogP contribution < -0.4 is 11.1 Å². The van der Waals surface area contributed by atoms with Crippen molar-refractivity contribution < 1.29 is 4.79 Å². The van der Waals surface area contributed by atoms with Crippen LogP contribution in [-0.2, 0) is 4.79 Å². The average molecular weight is 261 g/mol. The van der Waals surface area contributed by atoms with E-state index in [1.807, 2.05) is 19.1 Å². The number of hydrogen-bond acceptors (Lipinski definition) is 3. The zero-order valence-corrected chi connectivity index (χ0v) is 11.7. The van der Waals surface area contributed by atoms with E-state index in [1.54, 1.807) is 12.1 Å². The van der Waals surface area contributed by atoms with Crippen LogP contribution in [0.3, 0.4) is 0 Å². The van der Waals surface area contributed by atoms with Crippen LogP contribution in [0.5, 0.6) is 0 Å². The number of hydrogen-bond donors (Lipinski definition) is 2. The lowest BCUT2D eigenvalue weighted by Gasteiger charge is -2.26. The topological polar surface area (TPSA) is 58.4 Å². The molecule has 1 aliphatic carbocycles. The van der Waals surface area contributed by atoms with Gasteiger partial charge >= 0.3 is 0 Å². The van der Waals surface area contributed by atoms with Crippen molar-refractivity contribution in [1.29, 1.82) is 0 Å². The highest BCUT2D eigenvalue weighted by Crippen LogP contribution is 2.30. The largest absolute Gasteiger partial charge is 0.399 e. The molecular formula is C15H23N3O. The van der Waals surface area contributed by atoms with Gasteiger partial charge in [-0.3, -0.25) is 9.69 Å². The van der Waals surface area contributed by atoms with Gasteiger partial charge in [0, 0.05) is 17.9 Å². The van der Waals surface area contributed by atoms with E-state index in [1.165, 1.54) is 12.8 Å². The second-order valence-corrected chi connectivity index (χ2v) is 5.32. The number of benzene rings is 1. The highest BCUT2D eigenvalue weighted by Gasteiger charge is 2.28. The Balaban J connectivity index is 1.91. The van der Waals surface area contributed by atoms with E-state index >= 15 is 0 Å². The number of amides is 1. The van der Waals surface area contributed by atoms with Gasteiger partial charge < -0.3 is 11.1 Å². The standard InChI is InChI=1S/C15H23N3O/c1-3-18(10-12-4-5-12)11(2)15(19)17-14-8-6-13(16)7-9-14/h6-9,11-12H,3-5,10,16H2,1-2H3,(H,17,19). The molecule has 0 aromatic heterocycles. The summed E-state index contributed by atoms with van der Waals surface area (Å²) >= 11 is 0. The van der Waals surface area contributed by atoms with Crippen molar-refractivity contribution in [2.24, 2.45) is 5.92 Å². The summed E-state index contributed by atoms with van der Waals surface area (Å²) in [5, 5.41) is 2.94. The van der Waals surface area contributed by atoms with Gasteiger partial charge in [-0.25, -0.2) is 0 Å². The third-order valence-corrected chi connectivity index (χ3v) is 3.70. The van der Waals surface area contributed by atoms with Crippen molar-refractivity contribution in [3.63, 3.8) is 0 Å². The van der Waals surface area contributed by atoms with Gasteiger partial charge in [-0.05, 0) is 56.5 Å². The van der Waals surface area contributed by atoms with Crippen molar-refractivity contribution in [3.8, 4) is 0 Å². The quantitative estimate of drug-likeness (QED) is 0.773. The van der Waals surface area contributed by atoms with Crippen molar-refractivity contribution in [2.45, 2.75) is 32.7 Å². The highest BCUT2D eigenvalue weighted by molar-refractivity contribution is 5.94. The predicted molar refractivity (Wildman–Crippen MR) is 78.9 cm³/mol. The number of nitrogens with two attached hydrogens (primary N) is 1. The first-order valence-electron chi connectivity index (χ1n) is 7.00. The lowest BCUT2D eigenvalue weighted by atomic mass is 10.2. The molecule has 2 rings (SSSR count). The number of anilines is 2. The fourth-order valence-corrected chi connectivity index (χ4v) is 2.17. The minimum absolute atomic E-state index is 0.0484. The molecule has 1 unspecified atom stereocenters. The maximum atomic E-state index is 12.2. The molecule has 0 heterocycles. The van der Waals surface area contributed by atoms with Gasteiger partial charge in [0.15, 0.2) is 0 Å². The summed E-state index contributed by atoms with van der Waals surface area (Å²) in [5.41, 5.74) is 7.13. The molecule has 0 aliphatic heterocycles. The molecule has 19 heavy (non-hydrogen) atoms. The minimum Gasteiger partial charge on any atom is -0.399 e. The summed E-state index contributed by atoms with van der Waals surface area (Å²) in [6, 6.07) is 7.15. The van der Waals surface area contributed by atoms with E-state index < -0.39 is 0 Å². The molecule has 1 amide bonds. The number of nitrogens with zero attached hydrogens (tertiary/aromatic N) is 1. The summed E-state index contributed by atoms with van der Waals surface area (Å²) in [7, 11) is 0. The van der Waals surface area contributed by atoms with Gasteiger partial charge in [0.05, 0.1) is 6.04 Å². The Hall–Kier alpha value is -1.55. The molecule has 104 valence electrons. The summed E-state index contributed by atoms with van der Waals surface area (Å²) in [4.78, 5) is 14.5. The van der Waals surface area contributed by atoms with Gasteiger partial charge in [-0.2, -0.15) is 0 Å². The van der Waals surface area contributed by atoms with Crippen LogP contribution in [-0.4, -0.2) is 29.9 Å². The van der Waals surface area contributed by atoms with E-state index in [9.17, 15) is 4.79 Å². The summed E-state index contributed by atoms with van der Waals surface area (Å²) in [5.74, 6) is 0.846. The van der Waals surface area contributed by atoms with E-state index in [4.69, 9.17) is 5.73 Å². The van der Waals surface area contributed by atoms with Crippen LogP contribution in [0.25, 0.3) is 0 Å². The zero-order chi connectivity index (χ0) is 13.8. The molecule has 1 aromatic carbocycles. The van der Waals surface area contributed by atoms with Crippen molar-refractivity contribution >= 4 is 17.3 Å². The number of rotatable bonds is 6. The molecule has 0 saturated heterocycles. The third kappa shape index (κ3) is 3.96. The Morgan fingerprint density at radius 2 is 2.05 bits per heavy atom. The normalized spacial score (nSPS) is 16.4. The van der Waals surface area contributed by atoms with Gasteiger partial charge in [0.1, 0.15) is 0 Å². The molecule has 1 atom stereocenters. The third-order valence-electron chi connectivity index (χ3n) is 3.70. The predicted octanol–water partition coefficient (Wildman–Crippen LogP) is 2.33. The maximum Gasteiger partial charge on any atom is 0.241 e. The summed E-state index contributed by atoms with van der Waals surface area (Å²) in [6.45, 7) is 6.02. The first-order chi connectivity index (χ1) is 9.10. The minimum atomic E-state index is -0.0943. The SMILES string of the molecule is CCN(CC1CC1)C(C)C(=O)Nc1ccc(N)cc1. The van der Waals surface area contributed by atoms with Crippen LogP contribution in [0.2, 0.25) is 0 Å².